The first-order chi connectivity index (χ1) is 19.2. The zero-order valence-corrected chi connectivity index (χ0v) is 26.1. The van der Waals surface area contributed by atoms with Crippen LogP contribution in [-0.4, -0.2) is 46.5 Å². The second-order valence-corrected chi connectivity index (χ2v) is 12.4. The van der Waals surface area contributed by atoms with Gasteiger partial charge in [0.2, 0.25) is 11.8 Å². The van der Waals surface area contributed by atoms with Crippen molar-refractivity contribution in [3.63, 3.8) is 0 Å². The van der Waals surface area contributed by atoms with Crippen LogP contribution >= 0.6 is 0 Å². The summed E-state index contributed by atoms with van der Waals surface area (Å²) >= 11 is 0. The standard InChI is InChI=1S/C34H49N3O4/c1-10-26-17-14-18-28(21-26)30(31(38)35-24(4)5)37(25(6)20-19-23(2)3)32(39)29(22-27-15-12-11-13-16-27)36-33(40)41-34(7,8)9/h10-18,21,23-25,29-30H,1,19-20,22H2,2-9H3,(H,35,38)(H,36,40). The molecule has 2 rings (SSSR count). The average molecular weight is 564 g/mol. The van der Waals surface area contributed by atoms with E-state index in [4.69, 9.17) is 4.74 Å². The van der Waals surface area contributed by atoms with Crippen LogP contribution in [0.25, 0.3) is 6.08 Å². The molecule has 2 aromatic rings. The summed E-state index contributed by atoms with van der Waals surface area (Å²) < 4.78 is 5.54. The molecule has 3 amide bonds. The molecule has 3 unspecified atom stereocenters. The van der Waals surface area contributed by atoms with Gasteiger partial charge in [-0.05, 0) is 83.1 Å². The van der Waals surface area contributed by atoms with Gasteiger partial charge in [-0.25, -0.2) is 4.79 Å². The van der Waals surface area contributed by atoms with Gasteiger partial charge in [0.1, 0.15) is 17.7 Å². The van der Waals surface area contributed by atoms with Gasteiger partial charge in [-0.2, -0.15) is 0 Å². The highest BCUT2D eigenvalue weighted by molar-refractivity contribution is 5.92. The summed E-state index contributed by atoms with van der Waals surface area (Å²) in [5.74, 6) is -0.202. The first kappa shape index (κ1) is 33.6. The molecule has 0 aliphatic heterocycles. The molecule has 0 bridgehead atoms. The van der Waals surface area contributed by atoms with E-state index in [1.54, 1.807) is 31.7 Å². The maximum atomic E-state index is 14.6. The first-order valence-electron chi connectivity index (χ1n) is 14.6. The molecule has 0 aliphatic carbocycles. The van der Waals surface area contributed by atoms with Crippen LogP contribution in [0.15, 0.2) is 61.2 Å². The molecule has 7 heteroatoms. The van der Waals surface area contributed by atoms with Crippen molar-refractivity contribution in [3.8, 4) is 0 Å². The molecule has 0 heterocycles. The largest absolute Gasteiger partial charge is 0.444 e. The molecule has 2 aromatic carbocycles. The maximum Gasteiger partial charge on any atom is 0.408 e. The second kappa shape index (κ2) is 15.4. The van der Waals surface area contributed by atoms with Gasteiger partial charge in [0, 0.05) is 18.5 Å². The molecule has 0 saturated carbocycles. The van der Waals surface area contributed by atoms with Gasteiger partial charge in [-0.15, -0.1) is 0 Å². The first-order valence-corrected chi connectivity index (χ1v) is 14.6. The zero-order chi connectivity index (χ0) is 30.7. The summed E-state index contributed by atoms with van der Waals surface area (Å²) in [6.45, 7) is 19.3. The lowest BCUT2D eigenvalue weighted by Gasteiger charge is -2.39. The average Bonchev–Trinajstić information content (AvgIpc) is 2.88. The van der Waals surface area contributed by atoms with Gasteiger partial charge < -0.3 is 20.3 Å². The maximum absolute atomic E-state index is 14.6. The predicted octanol–water partition coefficient (Wildman–Crippen LogP) is 6.68. The Balaban J connectivity index is 2.66. The number of nitrogens with zero attached hydrogens (tertiary/aromatic N) is 1. The highest BCUT2D eigenvalue weighted by atomic mass is 16.6. The summed E-state index contributed by atoms with van der Waals surface area (Å²) in [5.41, 5.74) is 1.67. The number of hydrogen-bond acceptors (Lipinski definition) is 4. The van der Waals surface area contributed by atoms with Crippen LogP contribution in [-0.2, 0) is 20.7 Å². The minimum absolute atomic E-state index is 0.129. The summed E-state index contributed by atoms with van der Waals surface area (Å²) in [6, 6.07) is 14.8. The molecular formula is C34H49N3O4. The Hall–Kier alpha value is -3.61. The number of benzene rings is 2. The van der Waals surface area contributed by atoms with Crippen molar-refractivity contribution in [1.29, 1.82) is 0 Å². The lowest BCUT2D eigenvalue weighted by Crippen LogP contribution is -2.56. The van der Waals surface area contributed by atoms with Gasteiger partial charge in [-0.3, -0.25) is 9.59 Å². The number of alkyl carbamates (subject to hydrolysis) is 1. The molecular weight excluding hydrogens is 514 g/mol. The van der Waals surface area contributed by atoms with Crippen LogP contribution in [0.1, 0.15) is 91.0 Å². The molecule has 0 fully saturated rings. The number of hydrogen-bond donors (Lipinski definition) is 2. The Bertz CT molecular complexity index is 1150. The van der Waals surface area contributed by atoms with E-state index < -0.39 is 23.8 Å². The van der Waals surface area contributed by atoms with E-state index in [9.17, 15) is 14.4 Å². The molecule has 3 atom stereocenters. The molecule has 224 valence electrons. The van der Waals surface area contributed by atoms with E-state index in [2.05, 4.69) is 31.1 Å². The van der Waals surface area contributed by atoms with E-state index in [0.717, 1.165) is 17.5 Å². The van der Waals surface area contributed by atoms with E-state index >= 15 is 0 Å². The van der Waals surface area contributed by atoms with Crippen LogP contribution in [0.5, 0.6) is 0 Å². The fourth-order valence-electron chi connectivity index (χ4n) is 4.65. The summed E-state index contributed by atoms with van der Waals surface area (Å²) in [6.07, 6.45) is 2.85. The highest BCUT2D eigenvalue weighted by Gasteiger charge is 2.39. The Morgan fingerprint density at radius 3 is 2.15 bits per heavy atom. The molecule has 0 radical (unpaired) electrons. The van der Waals surface area contributed by atoms with Crippen LogP contribution < -0.4 is 10.6 Å². The lowest BCUT2D eigenvalue weighted by atomic mass is 9.95. The molecule has 7 nitrogen and oxygen atoms in total. The third-order valence-corrected chi connectivity index (χ3v) is 6.58. The smallest absolute Gasteiger partial charge is 0.408 e. The topological polar surface area (TPSA) is 87.7 Å². The van der Waals surface area contributed by atoms with Crippen molar-refractivity contribution in [2.24, 2.45) is 5.92 Å². The second-order valence-electron chi connectivity index (χ2n) is 12.4. The Kier molecular flexibility index (Phi) is 12.6. The molecule has 0 aromatic heterocycles. The fourth-order valence-corrected chi connectivity index (χ4v) is 4.65. The molecule has 0 aliphatic rings. The Morgan fingerprint density at radius 1 is 0.927 bits per heavy atom. The van der Waals surface area contributed by atoms with Gasteiger partial charge >= 0.3 is 6.09 Å². The van der Waals surface area contributed by atoms with E-state index in [-0.39, 0.29) is 30.3 Å². The Morgan fingerprint density at radius 2 is 1.59 bits per heavy atom. The highest BCUT2D eigenvalue weighted by Crippen LogP contribution is 2.29. The number of amides is 3. The van der Waals surface area contributed by atoms with Gasteiger partial charge in [-0.1, -0.05) is 75.0 Å². The van der Waals surface area contributed by atoms with Crippen molar-refractivity contribution in [2.75, 3.05) is 0 Å². The minimum Gasteiger partial charge on any atom is -0.444 e. The number of rotatable bonds is 13. The lowest BCUT2D eigenvalue weighted by molar-refractivity contribution is -0.145. The van der Waals surface area contributed by atoms with Crippen LogP contribution in [0, 0.1) is 5.92 Å². The number of carbonyl (C=O) groups excluding carboxylic acids is 3. The summed E-state index contributed by atoms with van der Waals surface area (Å²) in [7, 11) is 0. The fraction of sp³-hybridized carbons (Fsp3) is 0.500. The molecule has 2 N–H and O–H groups in total. The normalized spacial score (nSPS) is 13.7. The van der Waals surface area contributed by atoms with E-state index in [1.807, 2.05) is 75.4 Å². The number of ether oxygens (including phenoxy) is 1. The molecule has 0 saturated heterocycles. The predicted molar refractivity (Wildman–Crippen MR) is 166 cm³/mol. The van der Waals surface area contributed by atoms with Gasteiger partial charge in [0.05, 0.1) is 0 Å². The van der Waals surface area contributed by atoms with Crippen molar-refractivity contribution < 1.29 is 19.1 Å². The summed E-state index contributed by atoms with van der Waals surface area (Å²) in [4.78, 5) is 43.2. The van der Waals surface area contributed by atoms with Gasteiger partial charge in [0.15, 0.2) is 0 Å². The zero-order valence-electron chi connectivity index (χ0n) is 26.1. The summed E-state index contributed by atoms with van der Waals surface area (Å²) in [5, 5.41) is 5.85. The van der Waals surface area contributed by atoms with Crippen LogP contribution in [0.3, 0.4) is 0 Å². The molecule has 41 heavy (non-hydrogen) atoms. The van der Waals surface area contributed by atoms with Crippen molar-refractivity contribution in [2.45, 2.75) is 104 Å². The van der Waals surface area contributed by atoms with Gasteiger partial charge in [0.25, 0.3) is 0 Å². The quantitative estimate of drug-likeness (QED) is 0.284. The third-order valence-electron chi connectivity index (χ3n) is 6.58. The van der Waals surface area contributed by atoms with Crippen LogP contribution in [0.4, 0.5) is 4.79 Å². The van der Waals surface area contributed by atoms with Crippen LogP contribution in [0.2, 0.25) is 0 Å². The van der Waals surface area contributed by atoms with Crippen molar-refractivity contribution in [1.82, 2.24) is 15.5 Å². The number of carbonyl (C=O) groups is 3. The van der Waals surface area contributed by atoms with E-state index in [1.165, 1.54) is 0 Å². The van der Waals surface area contributed by atoms with E-state index in [0.29, 0.717) is 17.9 Å². The third kappa shape index (κ3) is 11.1. The monoisotopic (exact) mass is 563 g/mol. The minimum atomic E-state index is -0.953. The SMILES string of the molecule is C=Cc1cccc(C(C(=O)NC(C)C)N(C(=O)C(Cc2ccccc2)NC(=O)OC(C)(C)C)C(C)CCC(C)C)c1. The molecule has 0 spiro atoms. The Labute approximate surface area is 246 Å². The van der Waals surface area contributed by atoms with Crippen molar-refractivity contribution >= 4 is 24.0 Å². The number of nitrogens with one attached hydrogen (secondary N) is 2. The van der Waals surface area contributed by atoms with Crippen molar-refractivity contribution in [3.05, 3.63) is 77.9 Å².